The molecule has 0 aliphatic carbocycles. The van der Waals surface area contributed by atoms with Crippen molar-refractivity contribution in [2.24, 2.45) is 0 Å². The molecule has 0 fully saturated rings. The van der Waals surface area contributed by atoms with E-state index in [0.717, 1.165) is 40.3 Å². The molecule has 0 aromatic heterocycles. The average molecular weight is 447 g/mol. The van der Waals surface area contributed by atoms with Crippen molar-refractivity contribution in [1.82, 2.24) is 5.32 Å². The van der Waals surface area contributed by atoms with E-state index in [1.54, 1.807) is 12.1 Å². The number of carbonyl (C=O) groups is 1. The fraction of sp³-hybridized carbons (Fsp3) is 0.458. The normalized spacial score (nSPS) is 11.8. The molecule has 0 heterocycles. The van der Waals surface area contributed by atoms with Crippen LogP contribution in [0.5, 0.6) is 5.75 Å². The van der Waals surface area contributed by atoms with Gasteiger partial charge in [-0.2, -0.15) is 0 Å². The largest absolute Gasteiger partial charge is 0.494 e. The molecule has 6 nitrogen and oxygen atoms in total. The van der Waals surface area contributed by atoms with Crippen molar-refractivity contribution in [3.63, 3.8) is 0 Å². The highest BCUT2D eigenvalue weighted by Gasteiger charge is 2.22. The van der Waals surface area contributed by atoms with E-state index in [1.807, 2.05) is 43.3 Å². The number of sulfonamides is 1. The Balaban J connectivity index is 1.95. The van der Waals surface area contributed by atoms with Crippen LogP contribution in [0.1, 0.15) is 45.2 Å². The number of nitrogens with one attached hydrogen (secondary N) is 1. The third kappa shape index (κ3) is 7.58. The minimum absolute atomic E-state index is 0.0351. The first-order chi connectivity index (χ1) is 14.5. The number of amides is 1. The molecule has 0 bridgehead atoms. The molecular weight excluding hydrogens is 412 g/mol. The van der Waals surface area contributed by atoms with Crippen LogP contribution in [0.25, 0.3) is 0 Å². The lowest BCUT2D eigenvalue weighted by Gasteiger charge is -2.24. The summed E-state index contributed by atoms with van der Waals surface area (Å²) < 4.78 is 31.4. The highest BCUT2D eigenvalue weighted by molar-refractivity contribution is 7.92. The topological polar surface area (TPSA) is 75.7 Å². The van der Waals surface area contributed by atoms with E-state index < -0.39 is 10.0 Å². The van der Waals surface area contributed by atoms with Crippen molar-refractivity contribution in [1.29, 1.82) is 0 Å². The quantitative estimate of drug-likeness (QED) is 0.562. The molecule has 0 saturated carbocycles. The summed E-state index contributed by atoms with van der Waals surface area (Å²) in [6.45, 7) is 9.04. The van der Waals surface area contributed by atoms with Gasteiger partial charge in [0.15, 0.2) is 0 Å². The molecule has 170 valence electrons. The highest BCUT2D eigenvalue weighted by Crippen LogP contribution is 2.26. The Morgan fingerprint density at radius 2 is 1.71 bits per heavy atom. The van der Waals surface area contributed by atoms with E-state index in [0.29, 0.717) is 18.8 Å². The van der Waals surface area contributed by atoms with Crippen LogP contribution in [0, 0.1) is 0 Å². The van der Waals surface area contributed by atoms with Crippen molar-refractivity contribution in [2.75, 3.05) is 30.3 Å². The van der Waals surface area contributed by atoms with E-state index in [4.69, 9.17) is 4.74 Å². The molecule has 2 aromatic carbocycles. The Labute approximate surface area is 186 Å². The molecule has 7 heteroatoms. The number of carbonyl (C=O) groups excluding carboxylic acids is 1. The molecule has 0 spiro atoms. The Hall–Kier alpha value is -2.54. The molecule has 31 heavy (non-hydrogen) atoms. The molecular formula is C24H34N2O4S. The van der Waals surface area contributed by atoms with Crippen molar-refractivity contribution in [3.05, 3.63) is 59.7 Å². The molecule has 2 rings (SSSR count). The van der Waals surface area contributed by atoms with Crippen LogP contribution in [-0.4, -0.2) is 40.3 Å². The van der Waals surface area contributed by atoms with Gasteiger partial charge in [-0.1, -0.05) is 51.1 Å². The summed E-state index contributed by atoms with van der Waals surface area (Å²) in [5.41, 5.74) is 2.64. The molecule has 0 radical (unpaired) electrons. The van der Waals surface area contributed by atoms with Gasteiger partial charge in [0.2, 0.25) is 15.9 Å². The van der Waals surface area contributed by atoms with Gasteiger partial charge in [0.1, 0.15) is 12.3 Å². The number of rotatable bonds is 10. The van der Waals surface area contributed by atoms with Crippen molar-refractivity contribution >= 4 is 21.6 Å². The maximum Gasteiger partial charge on any atom is 0.240 e. The van der Waals surface area contributed by atoms with Gasteiger partial charge >= 0.3 is 0 Å². The Morgan fingerprint density at radius 1 is 1.06 bits per heavy atom. The van der Waals surface area contributed by atoms with Crippen LogP contribution in [0.4, 0.5) is 5.69 Å². The van der Waals surface area contributed by atoms with E-state index in [-0.39, 0.29) is 17.9 Å². The van der Waals surface area contributed by atoms with E-state index >= 15 is 0 Å². The minimum Gasteiger partial charge on any atom is -0.494 e. The highest BCUT2D eigenvalue weighted by atomic mass is 32.2. The first-order valence-electron chi connectivity index (χ1n) is 10.6. The second-order valence-electron chi connectivity index (χ2n) is 8.56. The van der Waals surface area contributed by atoms with E-state index in [1.165, 1.54) is 0 Å². The van der Waals surface area contributed by atoms with Gasteiger partial charge in [0.05, 0.1) is 18.6 Å². The SMILES string of the molecule is CCOc1ccccc1CCCNC(=O)CN(c1ccc(C(C)(C)C)cc1)S(C)(=O)=O. The average Bonchev–Trinajstić information content (AvgIpc) is 2.69. The van der Waals surface area contributed by atoms with E-state index in [2.05, 4.69) is 26.1 Å². The maximum absolute atomic E-state index is 12.4. The summed E-state index contributed by atoms with van der Waals surface area (Å²) in [6, 6.07) is 15.2. The molecule has 1 amide bonds. The van der Waals surface area contributed by atoms with Crippen LogP contribution < -0.4 is 14.4 Å². The van der Waals surface area contributed by atoms with Gasteiger partial charge < -0.3 is 10.1 Å². The second kappa shape index (κ2) is 10.7. The number of hydrogen-bond acceptors (Lipinski definition) is 4. The lowest BCUT2D eigenvalue weighted by atomic mass is 9.87. The zero-order valence-corrected chi connectivity index (χ0v) is 20.0. The lowest BCUT2D eigenvalue weighted by molar-refractivity contribution is -0.119. The summed E-state index contributed by atoms with van der Waals surface area (Å²) in [5, 5.41) is 2.83. The maximum atomic E-state index is 12.4. The van der Waals surface area contributed by atoms with Crippen molar-refractivity contribution in [2.45, 2.75) is 46.0 Å². The summed E-state index contributed by atoms with van der Waals surface area (Å²) in [4.78, 5) is 12.4. The number of anilines is 1. The number of para-hydroxylation sites is 1. The number of ether oxygens (including phenoxy) is 1. The first-order valence-corrected chi connectivity index (χ1v) is 12.4. The summed E-state index contributed by atoms with van der Waals surface area (Å²) in [6.07, 6.45) is 2.61. The summed E-state index contributed by atoms with van der Waals surface area (Å²) >= 11 is 0. The van der Waals surface area contributed by atoms with Crippen LogP contribution in [0.15, 0.2) is 48.5 Å². The predicted molar refractivity (Wildman–Crippen MR) is 126 cm³/mol. The van der Waals surface area contributed by atoms with Crippen LogP contribution >= 0.6 is 0 Å². The number of aryl methyl sites for hydroxylation is 1. The molecule has 0 saturated heterocycles. The first kappa shape index (κ1) is 24.7. The molecule has 0 aliphatic heterocycles. The molecule has 0 aliphatic rings. The van der Waals surface area contributed by atoms with Gasteiger partial charge in [-0.3, -0.25) is 9.10 Å². The van der Waals surface area contributed by atoms with Crippen LogP contribution in [-0.2, 0) is 26.7 Å². The van der Waals surface area contributed by atoms with Crippen molar-refractivity contribution in [3.8, 4) is 5.75 Å². The smallest absolute Gasteiger partial charge is 0.240 e. The fourth-order valence-electron chi connectivity index (χ4n) is 3.23. The van der Waals surface area contributed by atoms with Crippen molar-refractivity contribution < 1.29 is 17.9 Å². The van der Waals surface area contributed by atoms with Gasteiger partial charge in [-0.15, -0.1) is 0 Å². The zero-order valence-electron chi connectivity index (χ0n) is 19.1. The summed E-state index contributed by atoms with van der Waals surface area (Å²) in [5.74, 6) is 0.529. The van der Waals surface area contributed by atoms with Crippen LogP contribution in [0.3, 0.4) is 0 Å². The Bertz CT molecular complexity index is 964. The Morgan fingerprint density at radius 3 is 2.29 bits per heavy atom. The van der Waals surface area contributed by atoms with Crippen LogP contribution in [0.2, 0.25) is 0 Å². The minimum atomic E-state index is -3.59. The van der Waals surface area contributed by atoms with Gasteiger partial charge in [-0.25, -0.2) is 8.42 Å². The molecule has 1 N–H and O–H groups in total. The zero-order chi connectivity index (χ0) is 23.1. The van der Waals surface area contributed by atoms with Gasteiger partial charge in [0.25, 0.3) is 0 Å². The fourth-order valence-corrected chi connectivity index (χ4v) is 4.08. The molecule has 0 unspecified atom stereocenters. The third-order valence-electron chi connectivity index (χ3n) is 4.93. The monoisotopic (exact) mass is 446 g/mol. The second-order valence-corrected chi connectivity index (χ2v) is 10.5. The van der Waals surface area contributed by atoms with Gasteiger partial charge in [0, 0.05) is 6.54 Å². The molecule has 2 aromatic rings. The van der Waals surface area contributed by atoms with Gasteiger partial charge in [-0.05, 0) is 54.5 Å². The predicted octanol–water partition coefficient (Wildman–Crippen LogP) is 3.90. The lowest BCUT2D eigenvalue weighted by Crippen LogP contribution is -2.40. The number of nitrogens with zero attached hydrogens (tertiary/aromatic N) is 1. The molecule has 0 atom stereocenters. The number of hydrogen-bond donors (Lipinski definition) is 1. The van der Waals surface area contributed by atoms with E-state index in [9.17, 15) is 13.2 Å². The standard InChI is InChI=1S/C24H34N2O4S/c1-6-30-22-12-8-7-10-19(22)11-9-17-25-23(27)18-26(31(5,28)29)21-15-13-20(14-16-21)24(2,3)4/h7-8,10,12-16H,6,9,11,17-18H2,1-5H3,(H,25,27). The third-order valence-corrected chi connectivity index (χ3v) is 6.07. The Kier molecular flexibility index (Phi) is 8.51. The summed E-state index contributed by atoms with van der Waals surface area (Å²) in [7, 11) is -3.59. The number of benzene rings is 2.